The number of nitrogens with zero attached hydrogens (tertiary/aromatic N) is 2. The van der Waals surface area contributed by atoms with Crippen molar-refractivity contribution < 1.29 is 5.11 Å². The van der Waals surface area contributed by atoms with Gasteiger partial charge in [0.1, 0.15) is 5.82 Å². The zero-order valence-corrected chi connectivity index (χ0v) is 10.4. The third-order valence-electron chi connectivity index (χ3n) is 2.69. The number of rotatable bonds is 5. The predicted octanol–water partition coefficient (Wildman–Crippen LogP) is 1.80. The van der Waals surface area contributed by atoms with Gasteiger partial charge in [0, 0.05) is 0 Å². The van der Waals surface area contributed by atoms with Crippen LogP contribution in [0.2, 0.25) is 0 Å². The second-order valence-electron chi connectivity index (χ2n) is 4.33. The number of hydrogen-bond donors (Lipinski definition) is 2. The summed E-state index contributed by atoms with van der Waals surface area (Å²) in [6, 6.07) is 11.9. The number of aromatic nitrogens is 2. The van der Waals surface area contributed by atoms with Crippen LogP contribution < -0.4 is 5.32 Å². The highest BCUT2D eigenvalue weighted by molar-refractivity contribution is 5.36. The van der Waals surface area contributed by atoms with Crippen LogP contribution in [-0.4, -0.2) is 28.0 Å². The Morgan fingerprint density at radius 3 is 2.72 bits per heavy atom. The van der Waals surface area contributed by atoms with Gasteiger partial charge in [0.2, 0.25) is 0 Å². The van der Waals surface area contributed by atoms with E-state index in [-0.39, 0.29) is 12.6 Å². The van der Waals surface area contributed by atoms with Gasteiger partial charge in [-0.2, -0.15) is 5.10 Å². The number of nitrogens with one attached hydrogen (secondary N) is 1. The summed E-state index contributed by atoms with van der Waals surface area (Å²) in [6.45, 7) is 2.02. The van der Waals surface area contributed by atoms with E-state index in [1.807, 2.05) is 43.3 Å². The summed E-state index contributed by atoms with van der Waals surface area (Å²) < 4.78 is 0. The summed E-state index contributed by atoms with van der Waals surface area (Å²) in [5.41, 5.74) is 2.23. The van der Waals surface area contributed by atoms with Crippen molar-refractivity contribution in [2.24, 2.45) is 0 Å². The van der Waals surface area contributed by atoms with Gasteiger partial charge in [-0.3, -0.25) is 0 Å². The van der Waals surface area contributed by atoms with E-state index in [0.717, 1.165) is 12.0 Å². The van der Waals surface area contributed by atoms with Crippen LogP contribution in [0.25, 0.3) is 0 Å². The van der Waals surface area contributed by atoms with Crippen LogP contribution in [0.15, 0.2) is 42.6 Å². The molecule has 0 bridgehead atoms. The molecule has 0 aliphatic carbocycles. The molecule has 1 aromatic carbocycles. The van der Waals surface area contributed by atoms with Crippen molar-refractivity contribution in [3.63, 3.8) is 0 Å². The Morgan fingerprint density at radius 1 is 1.28 bits per heavy atom. The Kier molecular flexibility index (Phi) is 4.25. The van der Waals surface area contributed by atoms with Gasteiger partial charge in [-0.05, 0) is 30.5 Å². The fraction of sp³-hybridized carbons (Fsp3) is 0.286. The van der Waals surface area contributed by atoms with E-state index < -0.39 is 0 Å². The highest BCUT2D eigenvalue weighted by atomic mass is 16.3. The fourth-order valence-electron chi connectivity index (χ4n) is 1.80. The van der Waals surface area contributed by atoms with E-state index in [1.54, 1.807) is 6.20 Å². The number of hydrogen-bond acceptors (Lipinski definition) is 4. The summed E-state index contributed by atoms with van der Waals surface area (Å²) >= 11 is 0. The first-order chi connectivity index (χ1) is 8.78. The van der Waals surface area contributed by atoms with Crippen LogP contribution in [0, 0.1) is 6.92 Å². The average Bonchev–Trinajstić information content (AvgIpc) is 2.39. The van der Waals surface area contributed by atoms with Gasteiger partial charge in [0.15, 0.2) is 0 Å². The maximum absolute atomic E-state index is 9.41. The standard InChI is InChI=1S/C14H17N3O/c1-11-7-14(17-15-9-11)16-13(10-18)8-12-5-3-2-4-6-12/h2-7,9,13,18H,8,10H2,1H3,(H,16,17). The fourth-order valence-corrected chi connectivity index (χ4v) is 1.80. The van der Waals surface area contributed by atoms with Crippen molar-refractivity contribution in [2.75, 3.05) is 11.9 Å². The number of benzene rings is 1. The van der Waals surface area contributed by atoms with Crippen LogP contribution in [0.1, 0.15) is 11.1 Å². The number of aliphatic hydroxyl groups is 1. The molecule has 0 aliphatic rings. The Morgan fingerprint density at radius 2 is 2.06 bits per heavy atom. The van der Waals surface area contributed by atoms with Crippen molar-refractivity contribution in [2.45, 2.75) is 19.4 Å². The Labute approximate surface area is 107 Å². The zero-order chi connectivity index (χ0) is 12.8. The first-order valence-corrected chi connectivity index (χ1v) is 5.98. The van der Waals surface area contributed by atoms with Gasteiger partial charge in [0.25, 0.3) is 0 Å². The number of aryl methyl sites for hydroxylation is 1. The summed E-state index contributed by atoms with van der Waals surface area (Å²) in [5, 5.41) is 20.5. The van der Waals surface area contributed by atoms with Crippen molar-refractivity contribution in [3.05, 3.63) is 53.7 Å². The molecule has 0 amide bonds. The monoisotopic (exact) mass is 243 g/mol. The molecule has 18 heavy (non-hydrogen) atoms. The smallest absolute Gasteiger partial charge is 0.149 e. The molecule has 0 radical (unpaired) electrons. The molecule has 0 saturated heterocycles. The van der Waals surface area contributed by atoms with Crippen molar-refractivity contribution in [1.82, 2.24) is 10.2 Å². The molecule has 2 aromatic rings. The maximum atomic E-state index is 9.41. The number of anilines is 1. The molecule has 2 N–H and O–H groups in total. The molecule has 4 nitrogen and oxygen atoms in total. The molecule has 0 spiro atoms. The lowest BCUT2D eigenvalue weighted by molar-refractivity contribution is 0.273. The predicted molar refractivity (Wildman–Crippen MR) is 71.4 cm³/mol. The average molecular weight is 243 g/mol. The largest absolute Gasteiger partial charge is 0.394 e. The van der Waals surface area contributed by atoms with Crippen LogP contribution in [0.3, 0.4) is 0 Å². The van der Waals surface area contributed by atoms with Gasteiger partial charge >= 0.3 is 0 Å². The van der Waals surface area contributed by atoms with Crippen molar-refractivity contribution in [1.29, 1.82) is 0 Å². The van der Waals surface area contributed by atoms with E-state index in [0.29, 0.717) is 5.82 Å². The molecular formula is C14H17N3O. The van der Waals surface area contributed by atoms with Gasteiger partial charge in [-0.25, -0.2) is 0 Å². The topological polar surface area (TPSA) is 58.0 Å². The molecule has 4 heteroatoms. The van der Waals surface area contributed by atoms with Crippen LogP contribution >= 0.6 is 0 Å². The molecule has 1 heterocycles. The minimum absolute atomic E-state index is 0.0523. The second kappa shape index (κ2) is 6.12. The second-order valence-corrected chi connectivity index (χ2v) is 4.33. The van der Waals surface area contributed by atoms with Crippen molar-refractivity contribution >= 4 is 5.82 Å². The molecule has 1 aromatic heterocycles. The third-order valence-corrected chi connectivity index (χ3v) is 2.69. The minimum atomic E-state index is -0.0523. The van der Waals surface area contributed by atoms with Gasteiger partial charge in [0.05, 0.1) is 18.8 Å². The van der Waals surface area contributed by atoms with Crippen LogP contribution in [-0.2, 0) is 6.42 Å². The summed E-state index contributed by atoms with van der Waals surface area (Å²) in [6.07, 6.45) is 2.46. The lowest BCUT2D eigenvalue weighted by Gasteiger charge is -2.16. The SMILES string of the molecule is Cc1cnnc(NC(CO)Cc2ccccc2)c1. The van der Waals surface area contributed by atoms with Crippen LogP contribution in [0.4, 0.5) is 5.82 Å². The summed E-state index contributed by atoms with van der Waals surface area (Å²) in [7, 11) is 0. The van der Waals surface area contributed by atoms with E-state index >= 15 is 0 Å². The lowest BCUT2D eigenvalue weighted by atomic mass is 10.1. The summed E-state index contributed by atoms with van der Waals surface area (Å²) in [4.78, 5) is 0. The van der Waals surface area contributed by atoms with Crippen molar-refractivity contribution in [3.8, 4) is 0 Å². The van der Waals surface area contributed by atoms with E-state index in [9.17, 15) is 5.11 Å². The normalized spacial score (nSPS) is 12.1. The first kappa shape index (κ1) is 12.5. The molecule has 0 saturated carbocycles. The Bertz CT molecular complexity index is 487. The summed E-state index contributed by atoms with van der Waals surface area (Å²) in [5.74, 6) is 0.699. The maximum Gasteiger partial charge on any atom is 0.149 e. The highest BCUT2D eigenvalue weighted by Gasteiger charge is 2.09. The molecule has 1 atom stereocenters. The minimum Gasteiger partial charge on any atom is -0.394 e. The molecule has 0 aliphatic heterocycles. The number of aliphatic hydroxyl groups excluding tert-OH is 1. The molecule has 2 rings (SSSR count). The highest BCUT2D eigenvalue weighted by Crippen LogP contribution is 2.09. The van der Waals surface area contributed by atoms with Crippen LogP contribution in [0.5, 0.6) is 0 Å². The van der Waals surface area contributed by atoms with Gasteiger partial charge in [-0.15, -0.1) is 5.10 Å². The molecule has 1 unspecified atom stereocenters. The Balaban J connectivity index is 2.01. The Hall–Kier alpha value is -1.94. The first-order valence-electron chi connectivity index (χ1n) is 5.98. The molecular weight excluding hydrogens is 226 g/mol. The van der Waals surface area contributed by atoms with E-state index in [4.69, 9.17) is 0 Å². The van der Waals surface area contributed by atoms with Gasteiger partial charge < -0.3 is 10.4 Å². The quantitative estimate of drug-likeness (QED) is 0.840. The molecule has 0 fully saturated rings. The lowest BCUT2D eigenvalue weighted by Crippen LogP contribution is -2.27. The molecule has 94 valence electrons. The third kappa shape index (κ3) is 3.53. The van der Waals surface area contributed by atoms with E-state index in [2.05, 4.69) is 15.5 Å². The van der Waals surface area contributed by atoms with E-state index in [1.165, 1.54) is 5.56 Å². The van der Waals surface area contributed by atoms with Gasteiger partial charge in [-0.1, -0.05) is 30.3 Å². The zero-order valence-electron chi connectivity index (χ0n) is 10.4.